The van der Waals surface area contributed by atoms with Gasteiger partial charge in [0.05, 0.1) is 49.9 Å². The number of benzene rings is 2. The van der Waals surface area contributed by atoms with Gasteiger partial charge in [0.25, 0.3) is 5.56 Å². The summed E-state index contributed by atoms with van der Waals surface area (Å²) < 4.78 is 21.8. The lowest BCUT2D eigenvalue weighted by atomic mass is 9.43. The molecule has 53 heavy (non-hydrogen) atoms. The van der Waals surface area contributed by atoms with Gasteiger partial charge >= 0.3 is 11.4 Å². The van der Waals surface area contributed by atoms with Gasteiger partial charge in [-0.15, -0.1) is 0 Å². The number of rotatable bonds is 8. The maximum absolute atomic E-state index is 14.5. The molecule has 1 fully saturated rings. The molecule has 1 aliphatic heterocycles. The predicted molar refractivity (Wildman–Crippen MR) is 195 cm³/mol. The summed E-state index contributed by atoms with van der Waals surface area (Å²) in [6.07, 6.45) is 1.96. The summed E-state index contributed by atoms with van der Waals surface area (Å²) in [4.78, 5) is 75.2. The number of nitrogens with zero attached hydrogens (tertiary/aromatic N) is 5. The first kappa shape index (κ1) is 35.7. The second-order valence-corrected chi connectivity index (χ2v) is 14.5. The lowest BCUT2D eigenvalue weighted by Gasteiger charge is -2.58. The van der Waals surface area contributed by atoms with Crippen molar-refractivity contribution in [3.05, 3.63) is 95.7 Å². The normalized spacial score (nSPS) is 23.7. The Morgan fingerprint density at radius 1 is 0.925 bits per heavy atom. The summed E-state index contributed by atoms with van der Waals surface area (Å²) in [5, 5.41) is 10.6. The Hall–Kier alpha value is -5.66. The van der Waals surface area contributed by atoms with Crippen LogP contribution in [0.4, 0.5) is 0 Å². The lowest BCUT2D eigenvalue weighted by molar-refractivity contribution is -0.151. The summed E-state index contributed by atoms with van der Waals surface area (Å²) in [7, 11) is 4.61. The SMILES string of the molecule is CCOc1cc([C@H]2C3=CCn4c(=O)n(CCc5nc6cc(OC)c(OC)cc6n(C)c5=O)c(=O)n4[C@@H]3C[C@@]3(C)C(=O)C(C)=C(C)C(=O)[C@@]23C)ccc1O. The second-order valence-electron chi connectivity index (χ2n) is 14.5. The predicted octanol–water partition coefficient (Wildman–Crippen LogP) is 3.59. The number of phenolic OH excluding ortho intramolecular Hbond substituents is 1. The number of carbonyl (C=O) groups excluding carboxylic acids is 2. The Morgan fingerprint density at radius 3 is 2.28 bits per heavy atom. The Labute approximate surface area is 304 Å². The van der Waals surface area contributed by atoms with E-state index >= 15 is 0 Å². The van der Waals surface area contributed by atoms with Crippen molar-refractivity contribution in [2.75, 3.05) is 20.8 Å². The van der Waals surface area contributed by atoms with Crippen molar-refractivity contribution < 1.29 is 28.9 Å². The van der Waals surface area contributed by atoms with Gasteiger partial charge < -0.3 is 23.9 Å². The first-order valence-electron chi connectivity index (χ1n) is 17.6. The first-order chi connectivity index (χ1) is 25.1. The molecule has 278 valence electrons. The number of ketones is 2. The van der Waals surface area contributed by atoms with Gasteiger partial charge in [-0.05, 0) is 61.6 Å². The van der Waals surface area contributed by atoms with E-state index in [1.807, 2.05) is 13.0 Å². The van der Waals surface area contributed by atoms with E-state index < -0.39 is 34.2 Å². The van der Waals surface area contributed by atoms with E-state index in [4.69, 9.17) is 14.2 Å². The van der Waals surface area contributed by atoms with E-state index in [0.717, 1.165) is 10.1 Å². The first-order valence-corrected chi connectivity index (χ1v) is 17.6. The van der Waals surface area contributed by atoms with Crippen LogP contribution in [0.2, 0.25) is 0 Å². The minimum atomic E-state index is -1.27. The van der Waals surface area contributed by atoms with Crippen molar-refractivity contribution in [2.45, 2.75) is 72.5 Å². The molecule has 1 N–H and O–H groups in total. The molecule has 2 aromatic heterocycles. The van der Waals surface area contributed by atoms with E-state index in [9.17, 15) is 29.1 Å². The fourth-order valence-electron chi connectivity index (χ4n) is 8.89. The summed E-state index contributed by atoms with van der Waals surface area (Å²) in [6.45, 7) is 8.93. The zero-order valence-electron chi connectivity index (χ0n) is 31.1. The highest BCUT2D eigenvalue weighted by Gasteiger charge is 2.66. The summed E-state index contributed by atoms with van der Waals surface area (Å²) in [5.74, 6) is -0.0148. The molecule has 0 radical (unpaired) electrons. The molecule has 0 spiro atoms. The number of ether oxygens (including phenoxy) is 3. The molecule has 7 rings (SSSR count). The van der Waals surface area contributed by atoms with Crippen molar-refractivity contribution in [1.29, 1.82) is 0 Å². The fourth-order valence-corrected chi connectivity index (χ4v) is 8.89. The van der Waals surface area contributed by atoms with Crippen molar-refractivity contribution in [3.63, 3.8) is 0 Å². The van der Waals surface area contributed by atoms with E-state index in [-0.39, 0.29) is 60.2 Å². The van der Waals surface area contributed by atoms with E-state index in [2.05, 4.69) is 4.98 Å². The molecular formula is C39H43N5O9. The topological polar surface area (TPSA) is 166 Å². The van der Waals surface area contributed by atoms with Gasteiger partial charge in [0.1, 0.15) is 5.69 Å². The highest BCUT2D eigenvalue weighted by atomic mass is 16.5. The molecule has 14 nitrogen and oxygen atoms in total. The van der Waals surface area contributed by atoms with Crippen molar-refractivity contribution in [2.24, 2.45) is 17.9 Å². The van der Waals surface area contributed by atoms with Crippen LogP contribution in [-0.2, 0) is 36.1 Å². The molecule has 1 saturated carbocycles. The highest BCUT2D eigenvalue weighted by Crippen LogP contribution is 2.66. The molecule has 4 aromatic rings. The Morgan fingerprint density at radius 2 is 1.60 bits per heavy atom. The maximum Gasteiger partial charge on any atom is 0.347 e. The molecule has 0 saturated heterocycles. The van der Waals surface area contributed by atoms with E-state index in [0.29, 0.717) is 45.8 Å². The fraction of sp³-hybridized carbons (Fsp3) is 0.436. The summed E-state index contributed by atoms with van der Waals surface area (Å²) >= 11 is 0. The molecule has 3 aliphatic rings. The maximum atomic E-state index is 14.5. The van der Waals surface area contributed by atoms with E-state index in [1.54, 1.807) is 59.0 Å². The Balaban J connectivity index is 1.34. The third-order valence-corrected chi connectivity index (χ3v) is 12.0. The van der Waals surface area contributed by atoms with Crippen LogP contribution >= 0.6 is 0 Å². The molecule has 0 amide bonds. The lowest BCUT2D eigenvalue weighted by Crippen LogP contribution is -2.61. The van der Waals surface area contributed by atoms with Crippen LogP contribution in [0.5, 0.6) is 23.0 Å². The zero-order valence-corrected chi connectivity index (χ0v) is 31.1. The van der Waals surface area contributed by atoms with Crippen LogP contribution < -0.4 is 31.1 Å². The molecule has 2 aromatic carbocycles. The number of aryl methyl sites for hydroxylation is 2. The van der Waals surface area contributed by atoms with Gasteiger partial charge in [-0.25, -0.2) is 28.5 Å². The van der Waals surface area contributed by atoms with Gasteiger partial charge in [0.15, 0.2) is 34.6 Å². The minimum Gasteiger partial charge on any atom is -0.504 e. The molecular weight excluding hydrogens is 682 g/mol. The van der Waals surface area contributed by atoms with Crippen molar-refractivity contribution >= 4 is 22.6 Å². The number of allylic oxidation sites excluding steroid dienone is 4. The van der Waals surface area contributed by atoms with Crippen LogP contribution in [-0.4, -0.2) is 61.0 Å². The molecule has 0 unspecified atom stereocenters. The zero-order chi connectivity index (χ0) is 38.3. The number of fused-ring (bicyclic) bond motifs is 5. The molecule has 14 heteroatoms. The minimum absolute atomic E-state index is 0.0105. The Kier molecular flexibility index (Phi) is 8.42. The van der Waals surface area contributed by atoms with E-state index in [1.165, 1.54) is 34.2 Å². The quantitative estimate of drug-likeness (QED) is 0.266. The van der Waals surface area contributed by atoms with Gasteiger partial charge in [-0.2, -0.15) is 0 Å². The van der Waals surface area contributed by atoms with Crippen LogP contribution in [0.25, 0.3) is 11.0 Å². The average molecular weight is 726 g/mol. The van der Waals surface area contributed by atoms with Gasteiger partial charge in [0, 0.05) is 43.5 Å². The molecule has 3 heterocycles. The molecule has 0 bridgehead atoms. The summed E-state index contributed by atoms with van der Waals surface area (Å²) in [5.41, 5.74) is -0.783. The Bertz CT molecular complexity index is 2500. The number of Topliss-reactive ketones (excluding diaryl/α,β-unsaturated/α-hetero) is 2. The largest absolute Gasteiger partial charge is 0.504 e. The smallest absolute Gasteiger partial charge is 0.347 e. The monoisotopic (exact) mass is 725 g/mol. The second kappa shape index (κ2) is 12.5. The van der Waals surface area contributed by atoms with Gasteiger partial charge in [0.2, 0.25) is 0 Å². The standard InChI is InChI=1S/C39H43N5O9/c1-9-53-29-16-22(10-11-28(29)45)32-23-12-15-43-36(49)42(14-13-24-35(48)41(6)26-18-31(52-8)30(51-7)17-25(26)40-24)37(50)44(43)27(23)19-38(4)33(46)20(2)21(3)34(47)39(32,38)5/h10-12,16-18,27,32,45H,9,13-15,19H2,1-8H3/t27-,32+,38+,39-/m1/s1. The molecule has 4 atom stereocenters. The number of aromatic hydroxyl groups is 1. The number of phenols is 1. The number of hydrogen-bond donors (Lipinski definition) is 1. The third-order valence-electron chi connectivity index (χ3n) is 12.0. The van der Waals surface area contributed by atoms with Crippen molar-refractivity contribution in [1.82, 2.24) is 23.5 Å². The average Bonchev–Trinajstić information content (AvgIpc) is 3.39. The number of carbonyl (C=O) groups is 2. The van der Waals surface area contributed by atoms with Crippen LogP contribution in [0.3, 0.4) is 0 Å². The summed E-state index contributed by atoms with van der Waals surface area (Å²) in [6, 6.07) is 7.49. The highest BCUT2D eigenvalue weighted by molar-refractivity contribution is 6.17. The van der Waals surface area contributed by atoms with Crippen molar-refractivity contribution in [3.8, 4) is 23.0 Å². The molecule has 2 aliphatic carbocycles. The van der Waals surface area contributed by atoms with Gasteiger partial charge in [-0.3, -0.25) is 14.4 Å². The number of methoxy groups -OCH3 is 2. The third kappa shape index (κ3) is 4.90. The number of hydrogen-bond acceptors (Lipinski definition) is 10. The number of aromatic nitrogens is 5. The van der Waals surface area contributed by atoms with Crippen LogP contribution in [0, 0.1) is 10.8 Å². The van der Waals surface area contributed by atoms with Gasteiger partial charge in [-0.1, -0.05) is 26.0 Å². The van der Waals surface area contributed by atoms with Crippen LogP contribution in [0.1, 0.15) is 64.3 Å². The van der Waals surface area contributed by atoms with Crippen LogP contribution in [0.15, 0.2) is 67.5 Å².